The van der Waals surface area contributed by atoms with E-state index >= 15 is 0 Å². The van der Waals surface area contributed by atoms with Crippen LogP contribution in [0.4, 0.5) is 0 Å². The second-order valence-corrected chi connectivity index (χ2v) is 3.78. The van der Waals surface area contributed by atoms with Crippen LogP contribution >= 0.6 is 0 Å². The Balaban J connectivity index is 3.81. The molecule has 0 aromatic rings. The van der Waals surface area contributed by atoms with Crippen molar-refractivity contribution in [3.63, 3.8) is 0 Å². The molecular weight excluding hydrogens is 170 g/mol. The monoisotopic (exact) mass is 189 g/mol. The molecule has 13 heavy (non-hydrogen) atoms. The third-order valence-electron chi connectivity index (χ3n) is 1.79. The molecule has 0 aliphatic rings. The first-order chi connectivity index (χ1) is 5.87. The van der Waals surface area contributed by atoms with E-state index in [1.54, 1.807) is 13.8 Å². The topological polar surface area (TPSA) is 49.8 Å². The fraction of sp³-hybridized carbons (Fsp3) is 0.889. The van der Waals surface area contributed by atoms with Gasteiger partial charge in [0, 0.05) is 0 Å². The maximum atomic E-state index is 10.4. The Morgan fingerprint density at radius 1 is 1.54 bits per heavy atom. The average molecular weight is 189 g/mol. The molecule has 78 valence electrons. The van der Waals surface area contributed by atoms with Gasteiger partial charge >= 0.3 is 5.97 Å². The summed E-state index contributed by atoms with van der Waals surface area (Å²) in [5.74, 6) is -0.829. The smallest absolute Gasteiger partial charge is 0.306 e. The van der Waals surface area contributed by atoms with Crippen LogP contribution < -0.4 is 0 Å². The first-order valence-corrected chi connectivity index (χ1v) is 4.41. The van der Waals surface area contributed by atoms with E-state index in [-0.39, 0.29) is 6.42 Å². The summed E-state index contributed by atoms with van der Waals surface area (Å²) in [7, 11) is 1.93. The van der Waals surface area contributed by atoms with Crippen molar-refractivity contribution in [2.45, 2.75) is 32.8 Å². The van der Waals surface area contributed by atoms with Crippen LogP contribution in [0, 0.1) is 0 Å². The lowest BCUT2D eigenvalue weighted by atomic mass is 10.1. The van der Waals surface area contributed by atoms with Crippen molar-refractivity contribution in [2.75, 3.05) is 20.3 Å². The third kappa shape index (κ3) is 6.54. The van der Waals surface area contributed by atoms with Gasteiger partial charge in [-0.05, 0) is 27.4 Å². The van der Waals surface area contributed by atoms with Gasteiger partial charge in [-0.15, -0.1) is 0 Å². The van der Waals surface area contributed by atoms with Crippen molar-refractivity contribution in [2.24, 2.45) is 0 Å². The second-order valence-electron chi connectivity index (χ2n) is 3.78. The van der Waals surface area contributed by atoms with Gasteiger partial charge in [0.1, 0.15) is 0 Å². The van der Waals surface area contributed by atoms with E-state index in [2.05, 4.69) is 0 Å². The molecule has 0 saturated heterocycles. The van der Waals surface area contributed by atoms with E-state index in [1.165, 1.54) is 0 Å². The van der Waals surface area contributed by atoms with Gasteiger partial charge in [-0.2, -0.15) is 0 Å². The molecule has 0 saturated carbocycles. The molecule has 0 atom stereocenters. The number of ether oxygens (including phenoxy) is 1. The summed E-state index contributed by atoms with van der Waals surface area (Å²) in [6.45, 7) is 6.95. The van der Waals surface area contributed by atoms with Gasteiger partial charge in [0.05, 0.1) is 18.8 Å². The molecule has 0 heterocycles. The van der Waals surface area contributed by atoms with Gasteiger partial charge in [0.25, 0.3) is 0 Å². The molecule has 0 aromatic heterocycles. The van der Waals surface area contributed by atoms with Crippen LogP contribution in [0.1, 0.15) is 27.2 Å². The zero-order chi connectivity index (χ0) is 10.5. The Bertz CT molecular complexity index is 168. The Hall–Kier alpha value is -0.610. The van der Waals surface area contributed by atoms with Crippen molar-refractivity contribution in [1.29, 1.82) is 0 Å². The number of aliphatic carboxylic acids is 1. The van der Waals surface area contributed by atoms with Crippen molar-refractivity contribution in [1.82, 2.24) is 4.90 Å². The van der Waals surface area contributed by atoms with Gasteiger partial charge in [0.15, 0.2) is 0 Å². The van der Waals surface area contributed by atoms with Gasteiger partial charge in [0.2, 0.25) is 0 Å². The van der Waals surface area contributed by atoms with Gasteiger partial charge in [-0.3, -0.25) is 9.69 Å². The Morgan fingerprint density at radius 3 is 2.46 bits per heavy atom. The quantitative estimate of drug-likeness (QED) is 0.637. The van der Waals surface area contributed by atoms with Crippen LogP contribution in [0.25, 0.3) is 0 Å². The summed E-state index contributed by atoms with van der Waals surface area (Å²) < 4.78 is 5.44. The second kappa shape index (κ2) is 5.19. The lowest BCUT2D eigenvalue weighted by Crippen LogP contribution is -2.33. The van der Waals surface area contributed by atoms with Gasteiger partial charge in [-0.1, -0.05) is 6.92 Å². The van der Waals surface area contributed by atoms with Crippen LogP contribution in [0.3, 0.4) is 0 Å². The molecule has 4 nitrogen and oxygen atoms in total. The molecule has 0 amide bonds. The molecular formula is C9H19NO3. The van der Waals surface area contributed by atoms with Crippen LogP contribution in [0.15, 0.2) is 0 Å². The highest BCUT2D eigenvalue weighted by Gasteiger charge is 2.22. The summed E-state index contributed by atoms with van der Waals surface area (Å²) in [5, 5.41) is 8.58. The average Bonchev–Trinajstić information content (AvgIpc) is 1.98. The lowest BCUT2D eigenvalue weighted by molar-refractivity contribution is -0.146. The maximum absolute atomic E-state index is 10.4. The molecule has 0 unspecified atom stereocenters. The minimum absolute atomic E-state index is 0.0323. The van der Waals surface area contributed by atoms with Gasteiger partial charge in [-0.25, -0.2) is 0 Å². The van der Waals surface area contributed by atoms with Crippen molar-refractivity contribution >= 4 is 5.97 Å². The zero-order valence-corrected chi connectivity index (χ0v) is 8.83. The summed E-state index contributed by atoms with van der Waals surface area (Å²) in [5.41, 5.74) is -0.588. The molecule has 0 aromatic carbocycles. The Labute approximate surface area is 79.5 Å². The minimum Gasteiger partial charge on any atom is -0.481 e. The predicted octanol–water partition coefficient (Wildman–Crippen LogP) is 1.17. The normalized spacial score (nSPS) is 12.1. The Kier molecular flexibility index (Phi) is 4.95. The minimum atomic E-state index is -0.829. The third-order valence-corrected chi connectivity index (χ3v) is 1.79. The van der Waals surface area contributed by atoms with Crippen molar-refractivity contribution < 1.29 is 14.6 Å². The number of rotatable bonds is 6. The maximum Gasteiger partial charge on any atom is 0.306 e. The number of carboxylic acids is 1. The number of carboxylic acid groups (broad SMARTS) is 1. The van der Waals surface area contributed by atoms with E-state index in [4.69, 9.17) is 9.84 Å². The van der Waals surface area contributed by atoms with Crippen LogP contribution in [0.5, 0.6) is 0 Å². The number of carbonyl (C=O) groups is 1. The van der Waals surface area contributed by atoms with Gasteiger partial charge < -0.3 is 9.84 Å². The Morgan fingerprint density at radius 2 is 2.08 bits per heavy atom. The van der Waals surface area contributed by atoms with Crippen LogP contribution in [0.2, 0.25) is 0 Å². The van der Waals surface area contributed by atoms with E-state index < -0.39 is 11.6 Å². The van der Waals surface area contributed by atoms with E-state index in [9.17, 15) is 4.79 Å². The SMILES string of the molecule is CCN(C)COC(C)(C)CC(=O)O. The molecule has 0 spiro atoms. The molecule has 0 rings (SSSR count). The molecule has 0 aliphatic carbocycles. The lowest BCUT2D eigenvalue weighted by Gasteiger charge is -2.26. The molecule has 0 fully saturated rings. The first-order valence-electron chi connectivity index (χ1n) is 4.41. The molecule has 0 radical (unpaired) electrons. The number of hydrogen-bond acceptors (Lipinski definition) is 3. The first kappa shape index (κ1) is 12.4. The standard InChI is InChI=1S/C9H19NO3/c1-5-10(4)7-13-9(2,3)6-8(11)12/h5-7H2,1-4H3,(H,11,12). The highest BCUT2D eigenvalue weighted by atomic mass is 16.5. The molecule has 4 heteroatoms. The van der Waals surface area contributed by atoms with Crippen molar-refractivity contribution in [3.8, 4) is 0 Å². The zero-order valence-electron chi connectivity index (χ0n) is 8.83. The summed E-state index contributed by atoms with van der Waals surface area (Å²) in [4.78, 5) is 12.4. The van der Waals surface area contributed by atoms with Crippen LogP contribution in [-0.2, 0) is 9.53 Å². The van der Waals surface area contributed by atoms with Crippen LogP contribution in [-0.4, -0.2) is 41.9 Å². The molecule has 0 aliphatic heterocycles. The summed E-state index contributed by atoms with van der Waals surface area (Å²) >= 11 is 0. The number of hydrogen-bond donors (Lipinski definition) is 1. The molecule has 1 N–H and O–H groups in total. The number of nitrogens with zero attached hydrogens (tertiary/aromatic N) is 1. The highest BCUT2D eigenvalue weighted by molar-refractivity contribution is 5.67. The van der Waals surface area contributed by atoms with Crippen molar-refractivity contribution in [3.05, 3.63) is 0 Å². The molecule has 0 bridgehead atoms. The summed E-state index contributed by atoms with van der Waals surface area (Å²) in [6.07, 6.45) is 0.0323. The summed E-state index contributed by atoms with van der Waals surface area (Å²) in [6, 6.07) is 0. The van der Waals surface area contributed by atoms with E-state index in [1.807, 2.05) is 18.9 Å². The van der Waals surface area contributed by atoms with E-state index in [0.717, 1.165) is 6.54 Å². The fourth-order valence-electron chi connectivity index (χ4n) is 0.791. The highest BCUT2D eigenvalue weighted by Crippen LogP contribution is 2.14. The fourth-order valence-corrected chi connectivity index (χ4v) is 0.791. The largest absolute Gasteiger partial charge is 0.481 e. The van der Waals surface area contributed by atoms with E-state index in [0.29, 0.717) is 6.73 Å². The predicted molar refractivity (Wildman–Crippen MR) is 50.6 cm³/mol.